The SMILES string of the molecule is Cc1nn(C)c(C)c1OCC(=O)N1CC(CN)CC1C.Cl. The van der Waals surface area contributed by atoms with E-state index < -0.39 is 0 Å². The third-order valence-corrected chi connectivity index (χ3v) is 4.10. The van der Waals surface area contributed by atoms with Crippen molar-refractivity contribution in [3.8, 4) is 5.75 Å². The van der Waals surface area contributed by atoms with Crippen LogP contribution in [0.1, 0.15) is 24.7 Å². The molecule has 1 aliphatic heterocycles. The van der Waals surface area contributed by atoms with E-state index in [0.717, 1.165) is 24.4 Å². The molecule has 7 heteroatoms. The number of aryl methyl sites for hydroxylation is 2. The number of amides is 1. The lowest BCUT2D eigenvalue weighted by Gasteiger charge is -2.21. The third kappa shape index (κ3) is 3.68. The van der Waals surface area contributed by atoms with Crippen LogP contribution in [0.3, 0.4) is 0 Å². The van der Waals surface area contributed by atoms with Crippen LogP contribution in [0, 0.1) is 19.8 Å². The highest BCUT2D eigenvalue weighted by Gasteiger charge is 2.31. The average Bonchev–Trinajstić information content (AvgIpc) is 2.89. The largest absolute Gasteiger partial charge is 0.480 e. The molecule has 0 aliphatic carbocycles. The number of carbonyl (C=O) groups is 1. The monoisotopic (exact) mass is 316 g/mol. The van der Waals surface area contributed by atoms with Gasteiger partial charge in [-0.15, -0.1) is 12.4 Å². The molecule has 0 spiro atoms. The number of ether oxygens (including phenoxy) is 1. The molecule has 0 aromatic carbocycles. The van der Waals surface area contributed by atoms with Gasteiger partial charge in [0.25, 0.3) is 5.91 Å². The molecule has 0 bridgehead atoms. The predicted octanol–water partition coefficient (Wildman–Crippen LogP) is 1.03. The zero-order valence-electron chi connectivity index (χ0n) is 13.1. The van der Waals surface area contributed by atoms with E-state index in [2.05, 4.69) is 12.0 Å². The van der Waals surface area contributed by atoms with E-state index in [9.17, 15) is 4.79 Å². The molecule has 1 aromatic rings. The fourth-order valence-corrected chi connectivity index (χ4v) is 2.84. The van der Waals surface area contributed by atoms with Gasteiger partial charge >= 0.3 is 0 Å². The Bertz CT molecular complexity index is 503. The first kappa shape index (κ1) is 17.8. The van der Waals surface area contributed by atoms with Crippen LogP contribution >= 0.6 is 12.4 Å². The van der Waals surface area contributed by atoms with E-state index in [-0.39, 0.29) is 31.0 Å². The van der Waals surface area contributed by atoms with Gasteiger partial charge in [0.15, 0.2) is 12.4 Å². The van der Waals surface area contributed by atoms with Crippen LogP contribution in [0.5, 0.6) is 5.75 Å². The van der Waals surface area contributed by atoms with Gasteiger partial charge in [0.05, 0.1) is 5.69 Å². The second-order valence-electron chi connectivity index (χ2n) is 5.64. The first-order valence-electron chi connectivity index (χ1n) is 7.06. The standard InChI is InChI=1S/C14H24N4O2.ClH/c1-9-5-12(6-15)7-18(9)13(19)8-20-14-10(2)16-17(4)11(14)3;/h9,12H,5-8,15H2,1-4H3;1H. The molecule has 1 fully saturated rings. The van der Waals surface area contributed by atoms with Crippen molar-refractivity contribution in [2.24, 2.45) is 18.7 Å². The summed E-state index contributed by atoms with van der Waals surface area (Å²) in [5, 5.41) is 4.28. The van der Waals surface area contributed by atoms with Crippen molar-refractivity contribution >= 4 is 18.3 Å². The molecule has 2 atom stereocenters. The Balaban J connectivity index is 0.00000220. The van der Waals surface area contributed by atoms with E-state index in [0.29, 0.717) is 18.2 Å². The Labute approximate surface area is 132 Å². The molecule has 120 valence electrons. The predicted molar refractivity (Wildman–Crippen MR) is 83.8 cm³/mol. The molecular weight excluding hydrogens is 292 g/mol. The Kier molecular flexibility index (Phi) is 6.04. The average molecular weight is 317 g/mol. The van der Waals surface area contributed by atoms with E-state index in [1.165, 1.54) is 0 Å². The maximum atomic E-state index is 12.3. The molecule has 21 heavy (non-hydrogen) atoms. The number of nitrogens with two attached hydrogens (primary N) is 1. The van der Waals surface area contributed by atoms with Crippen LogP contribution in [-0.2, 0) is 11.8 Å². The number of rotatable bonds is 4. The van der Waals surface area contributed by atoms with Gasteiger partial charge in [-0.1, -0.05) is 0 Å². The molecule has 2 heterocycles. The summed E-state index contributed by atoms with van der Waals surface area (Å²) >= 11 is 0. The first-order valence-corrected chi connectivity index (χ1v) is 7.06. The molecule has 2 rings (SSSR count). The van der Waals surface area contributed by atoms with Gasteiger partial charge in [0, 0.05) is 19.6 Å². The molecule has 6 nitrogen and oxygen atoms in total. The molecule has 1 aliphatic rings. The quantitative estimate of drug-likeness (QED) is 0.900. The number of likely N-dealkylation sites (tertiary alicyclic amines) is 1. The molecule has 2 unspecified atom stereocenters. The molecule has 2 N–H and O–H groups in total. The van der Waals surface area contributed by atoms with Crippen LogP contribution in [0.15, 0.2) is 0 Å². The van der Waals surface area contributed by atoms with Crippen LogP contribution in [0.2, 0.25) is 0 Å². The lowest BCUT2D eigenvalue weighted by molar-refractivity contribution is -0.134. The topological polar surface area (TPSA) is 73.4 Å². The van der Waals surface area contributed by atoms with Crippen LogP contribution in [-0.4, -0.2) is 46.3 Å². The summed E-state index contributed by atoms with van der Waals surface area (Å²) in [6.07, 6.45) is 0.979. The summed E-state index contributed by atoms with van der Waals surface area (Å²) in [6.45, 7) is 7.32. The summed E-state index contributed by atoms with van der Waals surface area (Å²) in [5.74, 6) is 1.15. The second kappa shape index (κ2) is 7.13. The molecule has 0 saturated carbocycles. The van der Waals surface area contributed by atoms with Crippen molar-refractivity contribution < 1.29 is 9.53 Å². The lowest BCUT2D eigenvalue weighted by Crippen LogP contribution is -2.37. The molecular formula is C14H25ClN4O2. The van der Waals surface area contributed by atoms with Crippen molar-refractivity contribution in [1.29, 1.82) is 0 Å². The molecule has 0 radical (unpaired) electrons. The van der Waals surface area contributed by atoms with Crippen molar-refractivity contribution in [2.75, 3.05) is 19.7 Å². The minimum Gasteiger partial charge on any atom is -0.480 e. The summed E-state index contributed by atoms with van der Waals surface area (Å²) in [5.41, 5.74) is 7.43. The molecule has 1 aromatic heterocycles. The van der Waals surface area contributed by atoms with E-state index in [1.54, 1.807) is 4.68 Å². The maximum Gasteiger partial charge on any atom is 0.260 e. The number of hydrogen-bond acceptors (Lipinski definition) is 4. The Morgan fingerprint density at radius 2 is 2.14 bits per heavy atom. The zero-order valence-corrected chi connectivity index (χ0v) is 13.9. The fraction of sp³-hybridized carbons (Fsp3) is 0.714. The van der Waals surface area contributed by atoms with Crippen LogP contribution in [0.25, 0.3) is 0 Å². The molecule has 1 saturated heterocycles. The minimum absolute atomic E-state index is 0. The second-order valence-corrected chi connectivity index (χ2v) is 5.64. The minimum atomic E-state index is 0. The Hall–Kier alpha value is -1.27. The number of hydrogen-bond donors (Lipinski definition) is 1. The normalized spacial score (nSPS) is 21.3. The van der Waals surface area contributed by atoms with Gasteiger partial charge in [0.1, 0.15) is 5.69 Å². The van der Waals surface area contributed by atoms with Gasteiger partial charge in [-0.3, -0.25) is 9.48 Å². The van der Waals surface area contributed by atoms with Gasteiger partial charge < -0.3 is 15.4 Å². The zero-order chi connectivity index (χ0) is 14.9. The number of halogens is 1. The number of carbonyl (C=O) groups excluding carboxylic acids is 1. The van der Waals surface area contributed by atoms with Crippen molar-refractivity contribution in [3.63, 3.8) is 0 Å². The van der Waals surface area contributed by atoms with E-state index in [1.807, 2.05) is 25.8 Å². The third-order valence-electron chi connectivity index (χ3n) is 4.10. The van der Waals surface area contributed by atoms with Crippen LogP contribution < -0.4 is 10.5 Å². The Morgan fingerprint density at radius 1 is 1.48 bits per heavy atom. The summed E-state index contributed by atoms with van der Waals surface area (Å²) in [6, 6.07) is 0.246. The van der Waals surface area contributed by atoms with Crippen molar-refractivity contribution in [1.82, 2.24) is 14.7 Å². The first-order chi connectivity index (χ1) is 9.43. The van der Waals surface area contributed by atoms with Crippen molar-refractivity contribution in [3.05, 3.63) is 11.4 Å². The van der Waals surface area contributed by atoms with E-state index >= 15 is 0 Å². The smallest absolute Gasteiger partial charge is 0.260 e. The highest BCUT2D eigenvalue weighted by molar-refractivity contribution is 5.85. The highest BCUT2D eigenvalue weighted by Crippen LogP contribution is 2.24. The summed E-state index contributed by atoms with van der Waals surface area (Å²) in [7, 11) is 1.87. The van der Waals surface area contributed by atoms with Crippen LogP contribution in [0.4, 0.5) is 0 Å². The number of nitrogens with zero attached hydrogens (tertiary/aromatic N) is 3. The summed E-state index contributed by atoms with van der Waals surface area (Å²) in [4.78, 5) is 14.1. The summed E-state index contributed by atoms with van der Waals surface area (Å²) < 4.78 is 7.44. The highest BCUT2D eigenvalue weighted by atomic mass is 35.5. The van der Waals surface area contributed by atoms with Gasteiger partial charge in [-0.05, 0) is 39.7 Å². The fourth-order valence-electron chi connectivity index (χ4n) is 2.84. The van der Waals surface area contributed by atoms with Gasteiger partial charge in [-0.25, -0.2) is 0 Å². The molecule has 1 amide bonds. The van der Waals surface area contributed by atoms with Gasteiger partial charge in [0.2, 0.25) is 0 Å². The lowest BCUT2D eigenvalue weighted by atomic mass is 10.1. The maximum absolute atomic E-state index is 12.3. The van der Waals surface area contributed by atoms with Gasteiger partial charge in [-0.2, -0.15) is 5.10 Å². The number of aromatic nitrogens is 2. The van der Waals surface area contributed by atoms with Crippen molar-refractivity contribution in [2.45, 2.75) is 33.2 Å². The Morgan fingerprint density at radius 3 is 2.62 bits per heavy atom. The van der Waals surface area contributed by atoms with E-state index in [4.69, 9.17) is 10.5 Å².